The van der Waals surface area contributed by atoms with Crippen LogP contribution in [0.15, 0.2) is 85.1 Å². The van der Waals surface area contributed by atoms with Gasteiger partial charge in [0, 0.05) is 11.6 Å². The van der Waals surface area contributed by atoms with E-state index in [4.69, 9.17) is 0 Å². The third-order valence-corrected chi connectivity index (χ3v) is 4.68. The molecule has 5 rings (SSSR count). The van der Waals surface area contributed by atoms with Gasteiger partial charge in [-0.25, -0.2) is 4.98 Å². The Balaban J connectivity index is 1.43. The van der Waals surface area contributed by atoms with Gasteiger partial charge in [0.25, 0.3) is 5.91 Å². The van der Waals surface area contributed by atoms with E-state index >= 15 is 0 Å². The van der Waals surface area contributed by atoms with Crippen molar-refractivity contribution in [1.29, 1.82) is 0 Å². The number of pyridine rings is 1. The number of carbonyl (C=O) groups is 1. The first-order chi connectivity index (χ1) is 13.8. The number of aromatic nitrogens is 3. The molecule has 2 aromatic heterocycles. The minimum Gasteiger partial charge on any atom is -0.324 e. The monoisotopic (exact) mass is 364 g/mol. The molecule has 5 aromatic rings. The summed E-state index contributed by atoms with van der Waals surface area (Å²) in [5.41, 5.74) is 4.23. The number of benzene rings is 3. The van der Waals surface area contributed by atoms with Gasteiger partial charge in [-0.1, -0.05) is 60.7 Å². The Hall–Kier alpha value is -3.99. The smallest absolute Gasteiger partial charge is 0.276 e. The molecule has 2 N–H and O–H groups in total. The maximum absolute atomic E-state index is 12.6. The third-order valence-electron chi connectivity index (χ3n) is 4.68. The van der Waals surface area contributed by atoms with Crippen molar-refractivity contribution < 1.29 is 4.79 Å². The standard InChI is InChI=1S/C23H16N4O/c28-22(21-13-16-8-4-5-9-18(16)14-24-21)27-23-25-19-11-10-17(12-20(19)26-23)15-6-2-1-3-7-15/h1-14H,(H2,25,26,27,28). The average Bonchev–Trinajstić information content (AvgIpc) is 3.15. The van der Waals surface area contributed by atoms with Crippen LogP contribution < -0.4 is 5.32 Å². The minimum atomic E-state index is -0.298. The fourth-order valence-corrected chi connectivity index (χ4v) is 3.26. The molecule has 5 heteroatoms. The molecular weight excluding hydrogens is 348 g/mol. The molecule has 0 unspecified atom stereocenters. The Morgan fingerprint density at radius 2 is 1.61 bits per heavy atom. The van der Waals surface area contributed by atoms with Crippen LogP contribution in [-0.2, 0) is 0 Å². The molecule has 134 valence electrons. The van der Waals surface area contributed by atoms with E-state index in [2.05, 4.69) is 32.4 Å². The normalized spacial score (nSPS) is 11.0. The zero-order chi connectivity index (χ0) is 18.9. The summed E-state index contributed by atoms with van der Waals surface area (Å²) in [5, 5.41) is 4.77. The molecule has 0 aliphatic heterocycles. The molecule has 0 saturated heterocycles. The molecule has 0 saturated carbocycles. The molecule has 0 bridgehead atoms. The van der Waals surface area contributed by atoms with Gasteiger partial charge in [-0.2, -0.15) is 0 Å². The lowest BCUT2D eigenvalue weighted by atomic mass is 10.1. The highest BCUT2D eigenvalue weighted by Crippen LogP contribution is 2.24. The Morgan fingerprint density at radius 1 is 0.821 bits per heavy atom. The van der Waals surface area contributed by atoms with Crippen molar-refractivity contribution >= 4 is 33.7 Å². The van der Waals surface area contributed by atoms with E-state index in [1.807, 2.05) is 60.7 Å². The number of anilines is 1. The maximum atomic E-state index is 12.6. The molecule has 2 heterocycles. The van der Waals surface area contributed by atoms with E-state index in [0.717, 1.165) is 32.9 Å². The highest BCUT2D eigenvalue weighted by atomic mass is 16.2. The number of H-pyrrole nitrogens is 1. The summed E-state index contributed by atoms with van der Waals surface area (Å²) in [6, 6.07) is 25.7. The van der Waals surface area contributed by atoms with Crippen LogP contribution in [0.3, 0.4) is 0 Å². The van der Waals surface area contributed by atoms with Gasteiger partial charge in [-0.3, -0.25) is 15.1 Å². The summed E-state index contributed by atoms with van der Waals surface area (Å²) in [7, 11) is 0. The van der Waals surface area contributed by atoms with Gasteiger partial charge in [-0.05, 0) is 34.7 Å². The van der Waals surface area contributed by atoms with Crippen LogP contribution in [0.1, 0.15) is 10.5 Å². The summed E-state index contributed by atoms with van der Waals surface area (Å²) in [6.45, 7) is 0. The first-order valence-electron chi connectivity index (χ1n) is 8.98. The first-order valence-corrected chi connectivity index (χ1v) is 8.98. The summed E-state index contributed by atoms with van der Waals surface area (Å²) in [4.78, 5) is 24.5. The second-order valence-electron chi connectivity index (χ2n) is 6.55. The van der Waals surface area contributed by atoms with Crippen molar-refractivity contribution in [2.24, 2.45) is 0 Å². The number of fused-ring (bicyclic) bond motifs is 2. The lowest BCUT2D eigenvalue weighted by Gasteiger charge is -2.03. The number of nitrogens with zero attached hydrogens (tertiary/aromatic N) is 2. The van der Waals surface area contributed by atoms with Crippen LogP contribution in [0, 0.1) is 0 Å². The quantitative estimate of drug-likeness (QED) is 0.472. The summed E-state index contributed by atoms with van der Waals surface area (Å²) in [5.74, 6) is 0.105. The van der Waals surface area contributed by atoms with Crippen LogP contribution in [0.5, 0.6) is 0 Å². The number of imidazole rings is 1. The predicted octanol–water partition coefficient (Wildman–Crippen LogP) is 5.03. The minimum absolute atomic E-state index is 0.298. The Bertz CT molecular complexity index is 1310. The largest absolute Gasteiger partial charge is 0.324 e. The van der Waals surface area contributed by atoms with E-state index in [-0.39, 0.29) is 5.91 Å². The van der Waals surface area contributed by atoms with E-state index in [1.165, 1.54) is 0 Å². The molecule has 0 spiro atoms. The third kappa shape index (κ3) is 2.99. The molecule has 28 heavy (non-hydrogen) atoms. The summed E-state index contributed by atoms with van der Waals surface area (Å²) < 4.78 is 0. The molecule has 1 amide bonds. The van der Waals surface area contributed by atoms with Gasteiger partial charge in [0.1, 0.15) is 5.69 Å². The van der Waals surface area contributed by atoms with E-state index in [0.29, 0.717) is 11.6 Å². The van der Waals surface area contributed by atoms with Gasteiger partial charge in [-0.15, -0.1) is 0 Å². The lowest BCUT2D eigenvalue weighted by molar-refractivity contribution is 0.102. The fraction of sp³-hybridized carbons (Fsp3) is 0. The highest BCUT2D eigenvalue weighted by molar-refractivity contribution is 6.04. The van der Waals surface area contributed by atoms with E-state index in [1.54, 1.807) is 12.3 Å². The zero-order valence-corrected chi connectivity index (χ0v) is 14.9. The molecule has 0 radical (unpaired) electrons. The van der Waals surface area contributed by atoms with Gasteiger partial charge in [0.2, 0.25) is 5.95 Å². The van der Waals surface area contributed by atoms with Crippen molar-refractivity contribution in [2.45, 2.75) is 0 Å². The number of hydrogen-bond donors (Lipinski definition) is 2. The zero-order valence-electron chi connectivity index (χ0n) is 14.9. The molecule has 5 nitrogen and oxygen atoms in total. The lowest BCUT2D eigenvalue weighted by Crippen LogP contribution is -2.14. The Kier molecular flexibility index (Phi) is 3.84. The predicted molar refractivity (Wildman–Crippen MR) is 111 cm³/mol. The van der Waals surface area contributed by atoms with Crippen molar-refractivity contribution in [3.8, 4) is 11.1 Å². The van der Waals surface area contributed by atoms with Crippen molar-refractivity contribution in [2.75, 3.05) is 5.32 Å². The second-order valence-corrected chi connectivity index (χ2v) is 6.55. The van der Waals surface area contributed by atoms with Gasteiger partial charge < -0.3 is 4.98 Å². The number of rotatable bonds is 3. The van der Waals surface area contributed by atoms with Crippen molar-refractivity contribution in [1.82, 2.24) is 15.0 Å². The van der Waals surface area contributed by atoms with Crippen LogP contribution in [0.25, 0.3) is 32.9 Å². The molecule has 0 fully saturated rings. The number of amides is 1. The van der Waals surface area contributed by atoms with Crippen LogP contribution >= 0.6 is 0 Å². The highest BCUT2D eigenvalue weighted by Gasteiger charge is 2.12. The fourth-order valence-electron chi connectivity index (χ4n) is 3.26. The molecule has 0 aliphatic rings. The first kappa shape index (κ1) is 16.2. The number of hydrogen-bond acceptors (Lipinski definition) is 3. The number of aromatic amines is 1. The molecule has 0 aliphatic carbocycles. The van der Waals surface area contributed by atoms with Crippen LogP contribution in [0.2, 0.25) is 0 Å². The van der Waals surface area contributed by atoms with Gasteiger partial charge in [0.05, 0.1) is 11.0 Å². The van der Waals surface area contributed by atoms with Crippen molar-refractivity contribution in [3.05, 3.63) is 90.8 Å². The Morgan fingerprint density at radius 3 is 2.46 bits per heavy atom. The number of nitrogens with one attached hydrogen (secondary N) is 2. The van der Waals surface area contributed by atoms with Gasteiger partial charge >= 0.3 is 0 Å². The summed E-state index contributed by atoms with van der Waals surface area (Å²) >= 11 is 0. The SMILES string of the molecule is O=C(Nc1nc2ccc(-c3ccccc3)cc2[nH]1)c1cc2ccccc2cn1. The second kappa shape index (κ2) is 6.63. The topological polar surface area (TPSA) is 70.7 Å². The number of carbonyl (C=O) groups excluding carboxylic acids is 1. The maximum Gasteiger partial charge on any atom is 0.276 e. The van der Waals surface area contributed by atoms with Crippen molar-refractivity contribution in [3.63, 3.8) is 0 Å². The Labute approximate surface area is 161 Å². The van der Waals surface area contributed by atoms with E-state index < -0.39 is 0 Å². The van der Waals surface area contributed by atoms with E-state index in [9.17, 15) is 4.79 Å². The average molecular weight is 364 g/mol. The molecule has 0 atom stereocenters. The molecular formula is C23H16N4O. The molecule has 3 aromatic carbocycles. The van der Waals surface area contributed by atoms with Crippen LogP contribution in [0.4, 0.5) is 5.95 Å². The summed E-state index contributed by atoms with van der Waals surface area (Å²) in [6.07, 6.45) is 1.70. The van der Waals surface area contributed by atoms with Crippen LogP contribution in [-0.4, -0.2) is 20.9 Å². The van der Waals surface area contributed by atoms with Gasteiger partial charge in [0.15, 0.2) is 0 Å².